The number of fused-ring (bicyclic) bond motifs is 3. The Morgan fingerprint density at radius 1 is 0.255 bits per heavy atom. The van der Waals surface area contributed by atoms with Crippen molar-refractivity contribution < 1.29 is 0 Å². The third kappa shape index (κ3) is 6.02. The molecule has 6 nitrogen and oxygen atoms in total. The Labute approximate surface area is 318 Å². The van der Waals surface area contributed by atoms with Crippen molar-refractivity contribution in [3.63, 3.8) is 0 Å². The van der Waals surface area contributed by atoms with Crippen LogP contribution in [0, 0.1) is 0 Å². The maximum Gasteiger partial charge on any atom is 0.164 e. The fourth-order valence-corrected chi connectivity index (χ4v) is 7.18. The highest BCUT2D eigenvalue weighted by Gasteiger charge is 2.21. The second kappa shape index (κ2) is 13.8. The molecule has 0 fully saturated rings. The average Bonchev–Trinajstić information content (AvgIpc) is 3.62. The van der Waals surface area contributed by atoms with Crippen molar-refractivity contribution in [3.8, 4) is 79.3 Å². The van der Waals surface area contributed by atoms with Gasteiger partial charge in [0.2, 0.25) is 0 Å². The van der Waals surface area contributed by atoms with Crippen LogP contribution in [-0.4, -0.2) is 29.3 Å². The molecule has 10 rings (SSSR count). The molecule has 6 heteroatoms. The number of benzene rings is 7. The van der Waals surface area contributed by atoms with E-state index in [4.69, 9.17) is 24.9 Å². The molecule has 3 heterocycles. The minimum absolute atomic E-state index is 0.630. The van der Waals surface area contributed by atoms with Gasteiger partial charge in [0.15, 0.2) is 23.3 Å². The fraction of sp³-hybridized carbons (Fsp3) is 0. The number of aromatic nitrogens is 6. The van der Waals surface area contributed by atoms with E-state index in [0.717, 1.165) is 72.4 Å². The van der Waals surface area contributed by atoms with E-state index in [1.807, 2.05) is 84.9 Å². The molecule has 0 aliphatic carbocycles. The maximum absolute atomic E-state index is 5.26. The lowest BCUT2D eigenvalue weighted by molar-refractivity contribution is 1.05. The molecule has 0 N–H and O–H groups in total. The molecule has 258 valence electrons. The molecule has 0 saturated heterocycles. The molecule has 0 saturated carbocycles. The average molecular weight is 705 g/mol. The Kier molecular flexibility index (Phi) is 8.04. The van der Waals surface area contributed by atoms with Crippen LogP contribution >= 0.6 is 0 Å². The van der Waals surface area contributed by atoms with Crippen LogP contribution in [-0.2, 0) is 0 Å². The van der Waals surface area contributed by atoms with Gasteiger partial charge in [0.25, 0.3) is 0 Å². The van der Waals surface area contributed by atoms with Crippen LogP contribution in [0.1, 0.15) is 0 Å². The lowest BCUT2D eigenvalue weighted by Gasteiger charge is -2.13. The van der Waals surface area contributed by atoms with Crippen molar-refractivity contribution in [2.75, 3.05) is 0 Å². The molecule has 10 aromatic rings. The van der Waals surface area contributed by atoms with Gasteiger partial charge in [-0.1, -0.05) is 194 Å². The third-order valence-electron chi connectivity index (χ3n) is 9.89. The Balaban J connectivity index is 1.06. The lowest BCUT2D eigenvalue weighted by atomic mass is 10.0. The molecule has 3 aromatic heterocycles. The maximum atomic E-state index is 5.26. The predicted molar refractivity (Wildman–Crippen MR) is 222 cm³/mol. The van der Waals surface area contributed by atoms with Gasteiger partial charge in [-0.25, -0.2) is 24.9 Å². The van der Waals surface area contributed by atoms with Crippen LogP contribution < -0.4 is 0 Å². The van der Waals surface area contributed by atoms with E-state index in [9.17, 15) is 0 Å². The standard InChI is InChI=1S/C49H32N6/c1-5-15-35(16-6-1)43-41-23-13-14-24-42(41)49-54-47(38-21-11-4-12-22-38)53-48(55(43)49)40-31-27-34(28-32-40)33-25-29-39(30-26-33)46-51-44(36-17-7-2-8-18-36)50-45(52-46)37-19-9-3-10-20-37/h1-32H. The summed E-state index contributed by atoms with van der Waals surface area (Å²) < 4.78 is 2.22. The molecular weight excluding hydrogens is 673 g/mol. The molecule has 0 spiro atoms. The third-order valence-corrected chi connectivity index (χ3v) is 9.89. The summed E-state index contributed by atoms with van der Waals surface area (Å²) in [7, 11) is 0. The number of nitrogens with zero attached hydrogens (tertiary/aromatic N) is 6. The van der Waals surface area contributed by atoms with Crippen LogP contribution in [0.3, 0.4) is 0 Å². The largest absolute Gasteiger partial charge is 0.277 e. The SMILES string of the molecule is c1ccc(-c2nc(-c3ccccc3)nc(-c3ccc(-c4ccc(-c5nc(-c6ccccc6)nc6c7ccccc7c(-c7ccccc7)n56)cc4)cc3)n2)cc1. The highest BCUT2D eigenvalue weighted by atomic mass is 15.1. The van der Waals surface area contributed by atoms with Crippen molar-refractivity contribution in [2.45, 2.75) is 0 Å². The quantitative estimate of drug-likeness (QED) is 0.165. The molecule has 0 radical (unpaired) electrons. The van der Waals surface area contributed by atoms with Gasteiger partial charge in [0.05, 0.1) is 5.69 Å². The summed E-state index contributed by atoms with van der Waals surface area (Å²) in [6, 6.07) is 66.3. The van der Waals surface area contributed by atoms with E-state index in [2.05, 4.69) is 114 Å². The number of hydrogen-bond donors (Lipinski definition) is 0. The highest BCUT2D eigenvalue weighted by Crippen LogP contribution is 2.38. The second-order valence-electron chi connectivity index (χ2n) is 13.3. The highest BCUT2D eigenvalue weighted by molar-refractivity contribution is 6.06. The second-order valence-corrected chi connectivity index (χ2v) is 13.3. The first-order valence-electron chi connectivity index (χ1n) is 18.3. The van der Waals surface area contributed by atoms with E-state index in [1.54, 1.807) is 0 Å². The van der Waals surface area contributed by atoms with Crippen LogP contribution in [0.25, 0.3) is 95.7 Å². The molecule has 0 atom stereocenters. The first-order valence-corrected chi connectivity index (χ1v) is 18.3. The fourth-order valence-electron chi connectivity index (χ4n) is 7.18. The lowest BCUT2D eigenvalue weighted by Crippen LogP contribution is -2.03. The Hall–Kier alpha value is -7.57. The van der Waals surface area contributed by atoms with Crippen LogP contribution in [0.15, 0.2) is 194 Å². The van der Waals surface area contributed by atoms with Crippen LogP contribution in [0.5, 0.6) is 0 Å². The minimum atomic E-state index is 0.630. The van der Waals surface area contributed by atoms with E-state index >= 15 is 0 Å². The van der Waals surface area contributed by atoms with Gasteiger partial charge in [-0.2, -0.15) is 0 Å². The summed E-state index contributed by atoms with van der Waals surface area (Å²) in [5, 5.41) is 2.22. The van der Waals surface area contributed by atoms with Crippen molar-refractivity contribution in [1.29, 1.82) is 0 Å². The first-order chi connectivity index (χ1) is 27.3. The minimum Gasteiger partial charge on any atom is -0.277 e. The zero-order valence-electron chi connectivity index (χ0n) is 29.7. The summed E-state index contributed by atoms with van der Waals surface area (Å²) in [6.45, 7) is 0. The smallest absolute Gasteiger partial charge is 0.164 e. The van der Waals surface area contributed by atoms with E-state index in [-0.39, 0.29) is 0 Å². The summed E-state index contributed by atoms with van der Waals surface area (Å²) in [4.78, 5) is 25.1. The van der Waals surface area contributed by atoms with Gasteiger partial charge in [0.1, 0.15) is 11.5 Å². The van der Waals surface area contributed by atoms with Gasteiger partial charge < -0.3 is 0 Å². The van der Waals surface area contributed by atoms with E-state index in [0.29, 0.717) is 23.3 Å². The van der Waals surface area contributed by atoms with Gasteiger partial charge in [-0.3, -0.25) is 4.40 Å². The van der Waals surface area contributed by atoms with Gasteiger partial charge >= 0.3 is 0 Å². The molecule has 0 unspecified atom stereocenters. The molecule has 0 amide bonds. The summed E-state index contributed by atoms with van der Waals surface area (Å²) in [5.74, 6) is 3.44. The molecule has 7 aromatic carbocycles. The number of hydrogen-bond acceptors (Lipinski definition) is 5. The van der Waals surface area contributed by atoms with Crippen molar-refractivity contribution in [2.24, 2.45) is 0 Å². The van der Waals surface area contributed by atoms with Gasteiger partial charge in [-0.05, 0) is 16.7 Å². The van der Waals surface area contributed by atoms with Crippen molar-refractivity contribution >= 4 is 16.4 Å². The summed E-state index contributed by atoms with van der Waals surface area (Å²) in [6.07, 6.45) is 0. The van der Waals surface area contributed by atoms with Crippen molar-refractivity contribution in [1.82, 2.24) is 29.3 Å². The van der Waals surface area contributed by atoms with Gasteiger partial charge in [-0.15, -0.1) is 0 Å². The number of rotatable bonds is 7. The first kappa shape index (κ1) is 32.1. The monoisotopic (exact) mass is 704 g/mol. The topological polar surface area (TPSA) is 68.9 Å². The zero-order chi connectivity index (χ0) is 36.6. The molecular formula is C49H32N6. The van der Waals surface area contributed by atoms with Crippen LogP contribution in [0.4, 0.5) is 0 Å². The van der Waals surface area contributed by atoms with E-state index < -0.39 is 0 Å². The molecule has 0 bridgehead atoms. The Morgan fingerprint density at radius 3 is 1.07 bits per heavy atom. The predicted octanol–water partition coefficient (Wildman–Crippen LogP) is 11.7. The zero-order valence-corrected chi connectivity index (χ0v) is 29.7. The van der Waals surface area contributed by atoms with Gasteiger partial charge in [0, 0.05) is 38.6 Å². The normalized spacial score (nSPS) is 11.3. The van der Waals surface area contributed by atoms with Crippen LogP contribution in [0.2, 0.25) is 0 Å². The Morgan fingerprint density at radius 2 is 0.600 bits per heavy atom. The van der Waals surface area contributed by atoms with Crippen molar-refractivity contribution in [3.05, 3.63) is 194 Å². The van der Waals surface area contributed by atoms with E-state index in [1.165, 1.54) is 0 Å². The molecule has 0 aliphatic rings. The molecule has 0 aliphatic heterocycles. The summed E-state index contributed by atoms with van der Waals surface area (Å²) >= 11 is 0. The summed E-state index contributed by atoms with van der Waals surface area (Å²) in [5.41, 5.74) is 10.0. The molecule has 55 heavy (non-hydrogen) atoms. The Bertz CT molecular complexity index is 2870.